The highest BCUT2D eigenvalue weighted by molar-refractivity contribution is 6.12. The lowest BCUT2D eigenvalue weighted by Gasteiger charge is -2.13. The third-order valence-corrected chi connectivity index (χ3v) is 11.0. The smallest absolute Gasteiger partial charge is 0.123 e. The molecule has 0 amide bonds. The van der Waals surface area contributed by atoms with Crippen LogP contribution in [0.4, 0.5) is 0 Å². The molecule has 2 heterocycles. The Bertz CT molecular complexity index is 2940. The molecular formula is C48H32N2O. The van der Waals surface area contributed by atoms with E-state index in [-0.39, 0.29) is 0 Å². The maximum atomic E-state index is 11.0. The van der Waals surface area contributed by atoms with Crippen LogP contribution in [0.25, 0.3) is 82.8 Å². The van der Waals surface area contributed by atoms with Gasteiger partial charge >= 0.3 is 0 Å². The number of aromatic nitrogens is 2. The Balaban J connectivity index is 1.09. The van der Waals surface area contributed by atoms with Crippen molar-refractivity contribution in [3.63, 3.8) is 0 Å². The van der Waals surface area contributed by atoms with Crippen molar-refractivity contribution in [2.45, 2.75) is 6.42 Å². The van der Waals surface area contributed by atoms with Crippen molar-refractivity contribution in [2.75, 3.05) is 0 Å². The predicted octanol–water partition coefficient (Wildman–Crippen LogP) is 12.3. The van der Waals surface area contributed by atoms with Crippen molar-refractivity contribution in [2.24, 2.45) is 5.92 Å². The van der Waals surface area contributed by atoms with Gasteiger partial charge in [0.05, 0.1) is 22.1 Å². The van der Waals surface area contributed by atoms with Gasteiger partial charge in [-0.1, -0.05) is 121 Å². The molecule has 240 valence electrons. The zero-order valence-electron chi connectivity index (χ0n) is 27.8. The molecule has 0 saturated heterocycles. The van der Waals surface area contributed by atoms with E-state index in [1.807, 2.05) is 12.1 Å². The van der Waals surface area contributed by atoms with Gasteiger partial charge in [-0.15, -0.1) is 0 Å². The number of allylic oxidation sites excluding steroid dienone is 4. The van der Waals surface area contributed by atoms with Crippen LogP contribution in [-0.2, 0) is 0 Å². The molecule has 0 aliphatic heterocycles. The molecule has 1 atom stereocenters. The van der Waals surface area contributed by atoms with Gasteiger partial charge < -0.3 is 14.2 Å². The summed E-state index contributed by atoms with van der Waals surface area (Å²) in [5.74, 6) is 0.891. The Hall–Kier alpha value is -6.58. The first-order chi connectivity index (χ1) is 25.2. The summed E-state index contributed by atoms with van der Waals surface area (Å²) >= 11 is 0. The number of phenolic OH excluding ortho intramolecular Hbond substituents is 1. The molecule has 1 saturated carbocycles. The highest BCUT2D eigenvalue weighted by Gasteiger charge is 2.35. The van der Waals surface area contributed by atoms with Crippen LogP contribution in [0.2, 0.25) is 0 Å². The minimum atomic E-state index is 0.332. The van der Waals surface area contributed by atoms with Crippen molar-refractivity contribution in [1.82, 2.24) is 9.13 Å². The number of rotatable bonds is 5. The molecule has 1 unspecified atom stereocenters. The summed E-state index contributed by atoms with van der Waals surface area (Å²) in [7, 11) is 0. The largest absolute Gasteiger partial charge is 0.507 e. The number of nitrogens with zero attached hydrogens (tertiary/aromatic N) is 2. The predicted molar refractivity (Wildman–Crippen MR) is 212 cm³/mol. The summed E-state index contributed by atoms with van der Waals surface area (Å²) in [6.07, 6.45) is 5.55. The quantitative estimate of drug-likeness (QED) is 0.197. The molecule has 1 fully saturated rings. The number of hydrogen-bond donors (Lipinski definition) is 1. The molecule has 2 aromatic heterocycles. The minimum absolute atomic E-state index is 0.332. The van der Waals surface area contributed by atoms with Gasteiger partial charge in [0.2, 0.25) is 0 Å². The summed E-state index contributed by atoms with van der Waals surface area (Å²) in [6, 6.07) is 56.6. The molecular weight excluding hydrogens is 621 g/mol. The number of phenols is 1. The Morgan fingerprint density at radius 3 is 1.59 bits per heavy atom. The molecule has 0 bridgehead atoms. The summed E-state index contributed by atoms with van der Waals surface area (Å²) in [6.45, 7) is 0. The van der Waals surface area contributed by atoms with E-state index in [2.05, 4.69) is 167 Å². The zero-order chi connectivity index (χ0) is 33.6. The number of fused-ring (bicyclic) bond motifs is 7. The topological polar surface area (TPSA) is 30.1 Å². The first-order valence-electron chi connectivity index (χ1n) is 17.7. The van der Waals surface area contributed by atoms with E-state index in [0.717, 1.165) is 40.0 Å². The highest BCUT2D eigenvalue weighted by atomic mass is 16.3. The van der Waals surface area contributed by atoms with Gasteiger partial charge in [-0.25, -0.2) is 0 Å². The second-order valence-electron chi connectivity index (χ2n) is 13.9. The Morgan fingerprint density at radius 1 is 0.451 bits per heavy atom. The summed E-state index contributed by atoms with van der Waals surface area (Å²) in [5, 5.41) is 15.9. The van der Waals surface area contributed by atoms with Crippen LogP contribution in [0.15, 0.2) is 175 Å². The Kier molecular flexibility index (Phi) is 5.94. The van der Waals surface area contributed by atoms with Crippen LogP contribution in [0, 0.1) is 5.92 Å². The van der Waals surface area contributed by atoms with Crippen molar-refractivity contribution in [1.29, 1.82) is 0 Å². The molecule has 3 heteroatoms. The van der Waals surface area contributed by atoms with Gasteiger partial charge in [-0.2, -0.15) is 0 Å². The molecule has 2 aliphatic rings. The lowest BCUT2D eigenvalue weighted by molar-refractivity contribution is 0.473. The average molecular weight is 653 g/mol. The average Bonchev–Trinajstić information content (AvgIpc) is 3.55. The lowest BCUT2D eigenvalue weighted by Crippen LogP contribution is -1.96. The minimum Gasteiger partial charge on any atom is -0.507 e. The molecule has 2 aliphatic carbocycles. The van der Waals surface area contributed by atoms with Crippen LogP contribution < -0.4 is 0 Å². The normalized spacial score (nSPS) is 15.1. The molecule has 0 radical (unpaired) electrons. The Morgan fingerprint density at radius 2 is 0.980 bits per heavy atom. The summed E-state index contributed by atoms with van der Waals surface area (Å²) < 4.78 is 4.75. The summed E-state index contributed by atoms with van der Waals surface area (Å²) in [5.41, 5.74) is 15.1. The molecule has 1 N–H and O–H groups in total. The molecule has 11 rings (SSSR count). The van der Waals surface area contributed by atoms with Crippen LogP contribution in [-0.4, -0.2) is 14.2 Å². The monoisotopic (exact) mass is 652 g/mol. The van der Waals surface area contributed by atoms with Gasteiger partial charge in [-0.05, 0) is 88.8 Å². The van der Waals surface area contributed by atoms with Crippen LogP contribution in [0.5, 0.6) is 5.75 Å². The second kappa shape index (κ2) is 10.7. The molecule has 0 spiro atoms. The second-order valence-corrected chi connectivity index (χ2v) is 13.9. The molecule has 51 heavy (non-hydrogen) atoms. The molecule has 3 nitrogen and oxygen atoms in total. The molecule has 9 aromatic rings. The van der Waals surface area contributed by atoms with Crippen molar-refractivity contribution in [3.8, 4) is 39.4 Å². The van der Waals surface area contributed by atoms with Crippen LogP contribution in [0.1, 0.15) is 12.0 Å². The Labute approximate surface area is 295 Å². The van der Waals surface area contributed by atoms with Crippen molar-refractivity contribution >= 4 is 49.2 Å². The first-order valence-corrected chi connectivity index (χ1v) is 17.7. The van der Waals surface area contributed by atoms with Gasteiger partial charge in [-0.3, -0.25) is 0 Å². The fourth-order valence-corrected chi connectivity index (χ4v) is 8.42. The maximum Gasteiger partial charge on any atom is 0.123 e. The van der Waals surface area contributed by atoms with Crippen molar-refractivity contribution in [3.05, 3.63) is 181 Å². The lowest BCUT2D eigenvalue weighted by atomic mass is 10.0. The van der Waals surface area contributed by atoms with Gasteiger partial charge in [0, 0.05) is 44.4 Å². The van der Waals surface area contributed by atoms with Crippen LogP contribution >= 0.6 is 0 Å². The number of aromatic hydroxyl groups is 1. The number of hydrogen-bond acceptors (Lipinski definition) is 1. The van der Waals surface area contributed by atoms with Gasteiger partial charge in [0.15, 0.2) is 0 Å². The van der Waals surface area contributed by atoms with E-state index >= 15 is 0 Å². The van der Waals surface area contributed by atoms with E-state index in [0.29, 0.717) is 11.7 Å². The third kappa shape index (κ3) is 4.31. The third-order valence-electron chi connectivity index (χ3n) is 11.0. The van der Waals surface area contributed by atoms with Gasteiger partial charge in [0.1, 0.15) is 5.75 Å². The summed E-state index contributed by atoms with van der Waals surface area (Å²) in [4.78, 5) is 0. The number of benzene rings is 7. The fraction of sp³-hybridized carbons (Fsp3) is 0.0417. The fourth-order valence-electron chi connectivity index (χ4n) is 8.42. The van der Waals surface area contributed by atoms with Crippen molar-refractivity contribution < 1.29 is 5.11 Å². The van der Waals surface area contributed by atoms with E-state index in [4.69, 9.17) is 0 Å². The first kappa shape index (κ1) is 28.3. The number of para-hydroxylation sites is 2. The zero-order valence-corrected chi connectivity index (χ0v) is 27.8. The van der Waals surface area contributed by atoms with E-state index in [1.165, 1.54) is 60.4 Å². The SMILES string of the molecule is Oc1ccc(-n2c3ccccc3c3ccc(-c4ccc5c6ccccc6n(-c6ccc(-c7ccccc7)cc6)c5c4)cc32)cc1C1=C2CC2C=C1. The molecule has 7 aromatic carbocycles. The maximum absolute atomic E-state index is 11.0. The van der Waals surface area contributed by atoms with E-state index in [9.17, 15) is 5.11 Å². The van der Waals surface area contributed by atoms with Crippen LogP contribution in [0.3, 0.4) is 0 Å². The van der Waals surface area contributed by atoms with E-state index in [1.54, 1.807) is 0 Å². The standard InChI is InChI=1S/C48H32N2O/c51-48-25-21-36(29-43(48)37-22-18-34-26-42(34)37)50-45-13-7-5-11-39(45)41-24-17-33(28-47(41)50)32-16-23-40-38-10-4-6-12-44(38)49(46(40)27-32)35-19-14-31(15-20-35)30-8-2-1-3-9-30/h1-25,27-29,34,51H,26H2. The highest BCUT2D eigenvalue weighted by Crippen LogP contribution is 2.51. The van der Waals surface area contributed by atoms with Gasteiger partial charge in [0.25, 0.3) is 0 Å². The van der Waals surface area contributed by atoms with E-state index < -0.39 is 0 Å².